The molecule has 4 atom stereocenters. The minimum atomic E-state index is -1.49. The van der Waals surface area contributed by atoms with Crippen LogP contribution in [0, 0.1) is 23.1 Å². The van der Waals surface area contributed by atoms with Gasteiger partial charge in [0.1, 0.15) is 11.2 Å². The predicted octanol–water partition coefficient (Wildman–Crippen LogP) is 10.1. The number of carbonyl (C=O) groups excluding carboxylic acids is 2. The van der Waals surface area contributed by atoms with Gasteiger partial charge < -0.3 is 24.2 Å². The predicted molar refractivity (Wildman–Crippen MR) is 232 cm³/mol. The summed E-state index contributed by atoms with van der Waals surface area (Å²) in [6.07, 6.45) is 2.46. The van der Waals surface area contributed by atoms with Crippen LogP contribution in [0.1, 0.15) is 59.5 Å². The highest BCUT2D eigenvalue weighted by atomic mass is 35.5. The smallest absolute Gasteiger partial charge is 0.410 e. The van der Waals surface area contributed by atoms with Gasteiger partial charge >= 0.3 is 12.2 Å². The number of carbonyl (C=O) groups is 3. The van der Waals surface area contributed by atoms with Crippen LogP contribution in [-0.4, -0.2) is 100 Å². The fraction of sp³-hybridized carbons (Fsp3) is 0.409. The number of hydrogen-bond donors (Lipinski definition) is 1. The van der Waals surface area contributed by atoms with Crippen molar-refractivity contribution in [2.24, 2.45) is 5.92 Å². The Kier molecular flexibility index (Phi) is 11.1. The standard InChI is InChI=1S/C44H46Cl2FN7O5Si/c1-51(2)42(55)31-14-13-25(22-49-31)38-29-21-33(32-12-8-16-52(32)44(58)59-17-18-60(3,4)5)54(40-26-20-34(40)53(23-26)43(56)57)41(29)28-19-24(9-7-15-48)35(37(47)39(28)50-38)27-10-6-11-30(45)36(27)46/h6,10-11,13-14,19,21-22,26,32,34,40H,7-9,12,16-18,20,23H2,1-5H3,(H,56,57)/t26-,32-,34-,40+/m1/s1. The number of carboxylic acid groups (broad SMARTS) is 1. The highest BCUT2D eigenvalue weighted by Crippen LogP contribution is 2.54. The van der Waals surface area contributed by atoms with Crippen molar-refractivity contribution >= 4 is 71.2 Å². The molecule has 0 spiro atoms. The molecule has 60 heavy (non-hydrogen) atoms. The molecule has 4 aliphatic rings. The first kappa shape index (κ1) is 41.5. The molecule has 1 aliphatic carbocycles. The van der Waals surface area contributed by atoms with Gasteiger partial charge in [-0.15, -0.1) is 0 Å². The van der Waals surface area contributed by atoms with Gasteiger partial charge in [0.2, 0.25) is 0 Å². The van der Waals surface area contributed by atoms with E-state index in [-0.39, 0.29) is 63.6 Å². The van der Waals surface area contributed by atoms with E-state index < -0.39 is 32.1 Å². The lowest BCUT2D eigenvalue weighted by Crippen LogP contribution is -2.43. The maximum atomic E-state index is 17.8. The Hall–Kier alpha value is -5.23. The van der Waals surface area contributed by atoms with Gasteiger partial charge in [0.25, 0.3) is 5.91 Å². The fourth-order valence-electron chi connectivity index (χ4n) is 9.23. The fourth-order valence-corrected chi connectivity index (χ4v) is 10.3. The number of aromatic nitrogens is 3. The van der Waals surface area contributed by atoms with Crippen LogP contribution in [0.15, 0.2) is 48.7 Å². The first-order chi connectivity index (χ1) is 28.6. The zero-order valence-corrected chi connectivity index (χ0v) is 36.6. The number of amides is 3. The molecule has 312 valence electrons. The molecule has 12 nitrogen and oxygen atoms in total. The lowest BCUT2D eigenvalue weighted by molar-refractivity contribution is 0.0821. The average molecular weight is 871 g/mol. The van der Waals surface area contributed by atoms with E-state index in [0.29, 0.717) is 71.2 Å². The first-order valence-corrected chi connectivity index (χ1v) is 24.7. The number of nitriles is 1. The number of hydrogen-bond acceptors (Lipinski definition) is 7. The monoisotopic (exact) mass is 869 g/mol. The maximum Gasteiger partial charge on any atom is 0.410 e. The molecule has 3 saturated heterocycles. The Morgan fingerprint density at radius 1 is 1.10 bits per heavy atom. The number of ether oxygens (including phenoxy) is 1. The second kappa shape index (κ2) is 16.0. The summed E-state index contributed by atoms with van der Waals surface area (Å²) >= 11 is 13.2. The maximum absolute atomic E-state index is 17.8. The Morgan fingerprint density at radius 2 is 1.88 bits per heavy atom. The number of halogens is 3. The van der Waals surface area contributed by atoms with Crippen LogP contribution in [0.3, 0.4) is 0 Å². The topological polar surface area (TPSA) is 145 Å². The minimum Gasteiger partial charge on any atom is -0.465 e. The Labute approximate surface area is 358 Å². The van der Waals surface area contributed by atoms with Gasteiger partial charge in [0, 0.05) is 87.0 Å². The molecule has 9 rings (SSSR count). The molecule has 3 aromatic heterocycles. The van der Waals surface area contributed by atoms with Crippen molar-refractivity contribution in [3.05, 3.63) is 81.5 Å². The molecule has 3 aliphatic heterocycles. The molecule has 0 unspecified atom stereocenters. The summed E-state index contributed by atoms with van der Waals surface area (Å²) in [5, 5.41) is 21.5. The number of fused-ring (bicyclic) bond motifs is 4. The number of benzene rings is 2. The quantitative estimate of drug-likeness (QED) is 0.137. The van der Waals surface area contributed by atoms with Gasteiger partial charge in [0.05, 0.1) is 52.1 Å². The second-order valence-corrected chi connectivity index (χ2v) is 23.8. The summed E-state index contributed by atoms with van der Waals surface area (Å²) in [5.74, 6) is -0.977. The van der Waals surface area contributed by atoms with Crippen LogP contribution in [0.25, 0.3) is 44.2 Å². The van der Waals surface area contributed by atoms with Gasteiger partial charge in [-0.25, -0.2) is 19.0 Å². The molecule has 2 bridgehead atoms. The Bertz CT molecular complexity index is 2610. The normalized spacial score (nSPS) is 19.8. The average Bonchev–Trinajstić information content (AvgIpc) is 4.01. The van der Waals surface area contributed by atoms with Gasteiger partial charge in [-0.3, -0.25) is 14.7 Å². The van der Waals surface area contributed by atoms with Crippen LogP contribution in [-0.2, 0) is 11.2 Å². The molecule has 5 aromatic rings. The minimum absolute atomic E-state index is 0.0272. The number of aryl methyl sites for hydroxylation is 1. The van der Waals surface area contributed by atoms with Crippen molar-refractivity contribution < 1.29 is 28.6 Å². The summed E-state index contributed by atoms with van der Waals surface area (Å²) in [4.78, 5) is 53.6. The van der Waals surface area contributed by atoms with Crippen molar-refractivity contribution in [2.75, 3.05) is 33.8 Å². The van der Waals surface area contributed by atoms with Crippen LogP contribution < -0.4 is 0 Å². The van der Waals surface area contributed by atoms with E-state index in [2.05, 4.69) is 35.3 Å². The molecular weight excluding hydrogens is 825 g/mol. The number of pyridine rings is 2. The van der Waals surface area contributed by atoms with E-state index in [4.69, 9.17) is 32.9 Å². The van der Waals surface area contributed by atoms with Crippen molar-refractivity contribution in [2.45, 2.75) is 75.9 Å². The van der Waals surface area contributed by atoms with Gasteiger partial charge in [-0.2, -0.15) is 5.26 Å². The highest BCUT2D eigenvalue weighted by molar-refractivity contribution is 6.76. The number of likely N-dealkylation sites (tertiary alicyclic amines) is 1. The van der Waals surface area contributed by atoms with Gasteiger partial charge in [-0.05, 0) is 67.6 Å². The molecular formula is C44H46Cl2FN7O5Si. The summed E-state index contributed by atoms with van der Waals surface area (Å²) in [6, 6.07) is 14.1. The molecule has 2 aromatic carbocycles. The molecule has 3 amide bonds. The third kappa shape index (κ3) is 7.24. The van der Waals surface area contributed by atoms with E-state index in [0.717, 1.165) is 18.2 Å². The van der Waals surface area contributed by atoms with Crippen LogP contribution in [0.5, 0.6) is 0 Å². The molecule has 0 radical (unpaired) electrons. The SMILES string of the molecule is CN(C)C(=O)c1ccc(-c2nc3c(F)c(-c4cccc(Cl)c4Cl)c(CCC#N)cc3c3c2cc([C@H]2CCCN2C(=O)OCC[Si](C)(C)C)n3[C@H]2[C@@H]3C[C@H]2N(C(=O)O)C3)cn1. The number of nitrogens with zero attached hydrogens (tertiary/aromatic N) is 7. The third-order valence-electron chi connectivity index (χ3n) is 12.2. The van der Waals surface area contributed by atoms with E-state index in [1.807, 2.05) is 12.1 Å². The Morgan fingerprint density at radius 3 is 2.55 bits per heavy atom. The summed E-state index contributed by atoms with van der Waals surface area (Å²) in [5.41, 5.74) is 3.63. The van der Waals surface area contributed by atoms with Crippen molar-refractivity contribution in [3.63, 3.8) is 0 Å². The largest absolute Gasteiger partial charge is 0.465 e. The zero-order chi connectivity index (χ0) is 42.8. The lowest BCUT2D eigenvalue weighted by Gasteiger charge is -2.40. The Balaban J connectivity index is 1.43. The summed E-state index contributed by atoms with van der Waals surface area (Å²) in [6.45, 7) is 7.83. The van der Waals surface area contributed by atoms with Crippen LogP contribution in [0.4, 0.5) is 14.0 Å². The first-order valence-electron chi connectivity index (χ1n) is 20.2. The lowest BCUT2D eigenvalue weighted by atomic mass is 9.79. The molecule has 16 heteroatoms. The zero-order valence-electron chi connectivity index (χ0n) is 34.1. The van der Waals surface area contributed by atoms with E-state index in [1.54, 1.807) is 55.5 Å². The highest BCUT2D eigenvalue weighted by Gasteiger charge is 2.56. The van der Waals surface area contributed by atoms with E-state index in [9.17, 15) is 24.8 Å². The summed E-state index contributed by atoms with van der Waals surface area (Å²) < 4.78 is 25.9. The van der Waals surface area contributed by atoms with Crippen molar-refractivity contribution in [1.82, 2.24) is 29.2 Å². The molecule has 4 fully saturated rings. The summed E-state index contributed by atoms with van der Waals surface area (Å²) in [7, 11) is 1.79. The van der Waals surface area contributed by atoms with Crippen LogP contribution in [0.2, 0.25) is 35.7 Å². The van der Waals surface area contributed by atoms with Gasteiger partial charge in [-0.1, -0.05) is 55.0 Å². The molecule has 1 saturated carbocycles. The van der Waals surface area contributed by atoms with Crippen molar-refractivity contribution in [1.29, 1.82) is 5.26 Å². The molecule has 6 heterocycles. The molecule has 1 N–H and O–H groups in total. The van der Waals surface area contributed by atoms with E-state index >= 15 is 4.39 Å². The van der Waals surface area contributed by atoms with Gasteiger partial charge in [0.15, 0.2) is 5.82 Å². The van der Waals surface area contributed by atoms with E-state index in [1.165, 1.54) is 9.80 Å². The second-order valence-electron chi connectivity index (χ2n) is 17.4. The third-order valence-corrected chi connectivity index (χ3v) is 14.7. The number of rotatable bonds is 10. The van der Waals surface area contributed by atoms with Crippen LogP contribution >= 0.6 is 23.2 Å². The van der Waals surface area contributed by atoms with Crippen molar-refractivity contribution in [3.8, 4) is 28.5 Å².